The van der Waals surface area contributed by atoms with Crippen LogP contribution in [0.25, 0.3) is 10.9 Å². The smallest absolute Gasteiger partial charge is 0.263 e. The Morgan fingerprint density at radius 2 is 2.27 bits per heavy atom. The van der Waals surface area contributed by atoms with Crippen molar-refractivity contribution in [2.75, 3.05) is 6.61 Å². The molecule has 0 radical (unpaired) electrons. The summed E-state index contributed by atoms with van der Waals surface area (Å²) in [5.41, 5.74) is 2.02. The molecule has 112 valence electrons. The van der Waals surface area contributed by atoms with Crippen molar-refractivity contribution in [3.8, 4) is 0 Å². The third-order valence-corrected chi connectivity index (χ3v) is 4.11. The maximum absolute atomic E-state index is 12.6. The van der Waals surface area contributed by atoms with Gasteiger partial charge in [0.25, 0.3) is 5.56 Å². The Hall–Kier alpha value is -2.18. The summed E-state index contributed by atoms with van der Waals surface area (Å²) in [5, 5.41) is 4.88. The molecule has 6 nitrogen and oxygen atoms in total. The molecular formula is C15H12ClN3O3. The van der Waals surface area contributed by atoms with Gasteiger partial charge in [-0.05, 0) is 12.1 Å². The average molecular weight is 318 g/mol. The van der Waals surface area contributed by atoms with Crippen LogP contribution >= 0.6 is 11.6 Å². The number of halogens is 1. The first-order valence-corrected chi connectivity index (χ1v) is 7.29. The first-order chi connectivity index (χ1) is 10.7. The molecule has 1 aliphatic heterocycles. The van der Waals surface area contributed by atoms with E-state index in [1.54, 1.807) is 18.2 Å². The van der Waals surface area contributed by atoms with Gasteiger partial charge in [-0.2, -0.15) is 0 Å². The molecule has 0 saturated heterocycles. The van der Waals surface area contributed by atoms with Crippen molar-refractivity contribution in [3.63, 3.8) is 0 Å². The summed E-state index contributed by atoms with van der Waals surface area (Å²) in [5.74, 6) is 0.834. The lowest BCUT2D eigenvalue weighted by Gasteiger charge is -2.11. The van der Waals surface area contributed by atoms with Crippen molar-refractivity contribution >= 4 is 22.5 Å². The van der Waals surface area contributed by atoms with Crippen LogP contribution in [0.2, 0.25) is 5.02 Å². The van der Waals surface area contributed by atoms with Crippen molar-refractivity contribution in [1.82, 2.24) is 14.7 Å². The minimum Gasteiger partial charge on any atom is -0.376 e. The largest absolute Gasteiger partial charge is 0.376 e. The molecule has 22 heavy (non-hydrogen) atoms. The van der Waals surface area contributed by atoms with Crippen molar-refractivity contribution < 1.29 is 9.26 Å². The standard InChI is InChI=1S/C15H12ClN3O3/c16-10-2-1-3-11-14(10)15(20)19(8-17-11)6-12-9-7-21-5-4-13(9)22-18-12/h1-3,8H,4-7H2. The molecule has 7 heteroatoms. The van der Waals surface area contributed by atoms with E-state index in [0.29, 0.717) is 41.3 Å². The number of aromatic nitrogens is 3. The van der Waals surface area contributed by atoms with Crippen molar-refractivity contribution in [2.45, 2.75) is 19.6 Å². The van der Waals surface area contributed by atoms with Crippen LogP contribution in [-0.2, 0) is 24.3 Å². The van der Waals surface area contributed by atoms with E-state index in [0.717, 1.165) is 11.3 Å². The van der Waals surface area contributed by atoms with Gasteiger partial charge in [-0.1, -0.05) is 22.8 Å². The van der Waals surface area contributed by atoms with Gasteiger partial charge in [-0.15, -0.1) is 0 Å². The number of nitrogens with zero attached hydrogens (tertiary/aromatic N) is 3. The van der Waals surface area contributed by atoms with Crippen LogP contribution in [0.4, 0.5) is 0 Å². The number of hydrogen-bond acceptors (Lipinski definition) is 5. The van der Waals surface area contributed by atoms with Gasteiger partial charge < -0.3 is 9.26 Å². The SMILES string of the molecule is O=c1c2c(Cl)cccc2ncn1Cc1noc2c1COCC2. The molecule has 4 rings (SSSR count). The van der Waals surface area contributed by atoms with E-state index in [2.05, 4.69) is 10.1 Å². The lowest BCUT2D eigenvalue weighted by Crippen LogP contribution is -2.22. The summed E-state index contributed by atoms with van der Waals surface area (Å²) in [6.07, 6.45) is 2.21. The summed E-state index contributed by atoms with van der Waals surface area (Å²) in [6, 6.07) is 5.22. The van der Waals surface area contributed by atoms with Crippen LogP contribution in [0.3, 0.4) is 0 Å². The molecule has 0 unspecified atom stereocenters. The van der Waals surface area contributed by atoms with E-state index >= 15 is 0 Å². The Balaban J connectivity index is 1.79. The third-order valence-electron chi connectivity index (χ3n) is 3.79. The number of ether oxygens (including phenoxy) is 1. The molecule has 3 heterocycles. The predicted molar refractivity (Wildman–Crippen MR) is 80.0 cm³/mol. The molecule has 3 aromatic rings. The molecule has 0 atom stereocenters. The van der Waals surface area contributed by atoms with Gasteiger partial charge in [0.05, 0.1) is 42.0 Å². The second-order valence-corrected chi connectivity index (χ2v) is 5.55. The Kier molecular flexibility index (Phi) is 3.20. The zero-order chi connectivity index (χ0) is 15.1. The van der Waals surface area contributed by atoms with Crippen LogP contribution in [-0.4, -0.2) is 21.3 Å². The number of fused-ring (bicyclic) bond motifs is 2. The third kappa shape index (κ3) is 2.12. The summed E-state index contributed by atoms with van der Waals surface area (Å²) in [7, 11) is 0. The van der Waals surface area contributed by atoms with E-state index in [1.807, 2.05) is 0 Å². The van der Waals surface area contributed by atoms with Gasteiger partial charge >= 0.3 is 0 Å². The number of hydrogen-bond donors (Lipinski definition) is 0. The zero-order valence-electron chi connectivity index (χ0n) is 11.6. The molecule has 1 aromatic carbocycles. The molecule has 0 N–H and O–H groups in total. The summed E-state index contributed by atoms with van der Waals surface area (Å²) >= 11 is 6.12. The van der Waals surface area contributed by atoms with Gasteiger partial charge in [-0.25, -0.2) is 4.98 Å². The van der Waals surface area contributed by atoms with Gasteiger partial charge in [0.2, 0.25) is 0 Å². The molecule has 0 bridgehead atoms. The van der Waals surface area contributed by atoms with E-state index in [4.69, 9.17) is 20.9 Å². The molecule has 0 saturated carbocycles. The van der Waals surface area contributed by atoms with Gasteiger partial charge in [0.15, 0.2) is 0 Å². The fourth-order valence-electron chi connectivity index (χ4n) is 2.64. The average Bonchev–Trinajstić information content (AvgIpc) is 2.93. The lowest BCUT2D eigenvalue weighted by atomic mass is 10.1. The van der Waals surface area contributed by atoms with Crippen LogP contribution in [0.5, 0.6) is 0 Å². The molecule has 1 aliphatic rings. The minimum atomic E-state index is -0.191. The van der Waals surface area contributed by atoms with Crippen molar-refractivity contribution in [3.05, 3.63) is 56.9 Å². The van der Waals surface area contributed by atoms with Crippen molar-refractivity contribution in [2.24, 2.45) is 0 Å². The molecule has 0 aliphatic carbocycles. The second-order valence-electron chi connectivity index (χ2n) is 5.15. The normalized spacial score (nSPS) is 14.2. The predicted octanol–water partition coefficient (Wildman–Crippen LogP) is 2.16. The maximum atomic E-state index is 12.6. The van der Waals surface area contributed by atoms with Crippen LogP contribution in [0, 0.1) is 0 Å². The fourth-order valence-corrected chi connectivity index (χ4v) is 2.89. The molecule has 0 fully saturated rings. The van der Waals surface area contributed by atoms with Gasteiger partial charge in [0.1, 0.15) is 11.5 Å². The first-order valence-electron chi connectivity index (χ1n) is 6.92. The second kappa shape index (κ2) is 5.23. The Bertz CT molecular complexity index is 916. The first kappa shape index (κ1) is 13.5. The van der Waals surface area contributed by atoms with Crippen molar-refractivity contribution in [1.29, 1.82) is 0 Å². The molecular weight excluding hydrogens is 306 g/mol. The summed E-state index contributed by atoms with van der Waals surface area (Å²) in [6.45, 7) is 1.38. The fraction of sp³-hybridized carbons (Fsp3) is 0.267. The Morgan fingerprint density at radius 1 is 1.36 bits per heavy atom. The summed E-state index contributed by atoms with van der Waals surface area (Å²) < 4.78 is 12.2. The zero-order valence-corrected chi connectivity index (χ0v) is 12.3. The van der Waals surface area contributed by atoms with Crippen LogP contribution in [0.1, 0.15) is 17.0 Å². The van der Waals surface area contributed by atoms with Crippen LogP contribution in [0.15, 0.2) is 33.8 Å². The highest BCUT2D eigenvalue weighted by molar-refractivity contribution is 6.35. The highest BCUT2D eigenvalue weighted by Gasteiger charge is 2.20. The van der Waals surface area contributed by atoms with Gasteiger partial charge in [-0.3, -0.25) is 9.36 Å². The number of rotatable bonds is 2. The Labute approximate surface area is 130 Å². The monoisotopic (exact) mass is 317 g/mol. The maximum Gasteiger partial charge on any atom is 0.263 e. The van der Waals surface area contributed by atoms with E-state index < -0.39 is 0 Å². The highest BCUT2D eigenvalue weighted by Crippen LogP contribution is 2.22. The Morgan fingerprint density at radius 3 is 3.18 bits per heavy atom. The molecule has 0 amide bonds. The highest BCUT2D eigenvalue weighted by atomic mass is 35.5. The molecule has 2 aromatic heterocycles. The lowest BCUT2D eigenvalue weighted by molar-refractivity contribution is 0.102. The molecule has 0 spiro atoms. The topological polar surface area (TPSA) is 70.2 Å². The van der Waals surface area contributed by atoms with E-state index in [-0.39, 0.29) is 12.1 Å². The quantitative estimate of drug-likeness (QED) is 0.724. The van der Waals surface area contributed by atoms with Crippen LogP contribution < -0.4 is 5.56 Å². The number of benzene rings is 1. The minimum absolute atomic E-state index is 0.191. The van der Waals surface area contributed by atoms with Gasteiger partial charge in [0, 0.05) is 12.0 Å². The van der Waals surface area contributed by atoms with E-state index in [9.17, 15) is 4.79 Å². The summed E-state index contributed by atoms with van der Waals surface area (Å²) in [4.78, 5) is 16.9. The van der Waals surface area contributed by atoms with E-state index in [1.165, 1.54) is 10.9 Å².